The van der Waals surface area contributed by atoms with Crippen molar-refractivity contribution in [3.63, 3.8) is 0 Å². The summed E-state index contributed by atoms with van der Waals surface area (Å²) in [6, 6.07) is 5.30. The van der Waals surface area contributed by atoms with Crippen LogP contribution in [0.2, 0.25) is 0 Å². The maximum absolute atomic E-state index is 5.73. The number of ether oxygens (including phenoxy) is 1. The molecule has 2 unspecified atom stereocenters. The lowest BCUT2D eigenvalue weighted by Gasteiger charge is -2.38. The van der Waals surface area contributed by atoms with Crippen LogP contribution in [0.15, 0.2) is 12.1 Å². The molecule has 0 amide bonds. The minimum absolute atomic E-state index is 0.260. The molecular formula is C15H24N4O. The van der Waals surface area contributed by atoms with Gasteiger partial charge in [-0.05, 0) is 38.3 Å². The van der Waals surface area contributed by atoms with Gasteiger partial charge in [0.25, 0.3) is 0 Å². The molecule has 1 N–H and O–H groups in total. The van der Waals surface area contributed by atoms with Crippen LogP contribution in [0.5, 0.6) is 0 Å². The molecule has 5 nitrogen and oxygen atoms in total. The van der Waals surface area contributed by atoms with Crippen LogP contribution in [0, 0.1) is 0 Å². The monoisotopic (exact) mass is 276 g/mol. The second-order valence-corrected chi connectivity index (χ2v) is 5.90. The van der Waals surface area contributed by atoms with E-state index in [0.29, 0.717) is 12.1 Å². The Morgan fingerprint density at radius 3 is 2.85 bits per heavy atom. The maximum atomic E-state index is 5.73. The number of aromatic nitrogens is 2. The minimum atomic E-state index is 0.260. The zero-order valence-corrected chi connectivity index (χ0v) is 12.4. The Balaban J connectivity index is 1.65. The first-order chi connectivity index (χ1) is 9.76. The molecule has 0 bridgehead atoms. The number of morpholine rings is 1. The van der Waals surface area contributed by atoms with E-state index in [2.05, 4.69) is 46.4 Å². The van der Waals surface area contributed by atoms with Crippen molar-refractivity contribution in [3.8, 4) is 0 Å². The summed E-state index contributed by atoms with van der Waals surface area (Å²) in [4.78, 5) is 2.33. The standard InChI is InChI=1S/C15H24N4O/c1-3-14-10-20-11(2)9-19(14)15-7-6-13(17-18-15)8-16-12-4-5-12/h6-7,11-12,14,16H,3-5,8-10H2,1-2H3. The van der Waals surface area contributed by atoms with Crippen LogP contribution in [-0.2, 0) is 11.3 Å². The summed E-state index contributed by atoms with van der Waals surface area (Å²) in [7, 11) is 0. The maximum Gasteiger partial charge on any atom is 0.151 e. The van der Waals surface area contributed by atoms with Crippen molar-refractivity contribution in [2.75, 3.05) is 18.1 Å². The Morgan fingerprint density at radius 1 is 1.35 bits per heavy atom. The number of nitrogens with one attached hydrogen (secondary N) is 1. The van der Waals surface area contributed by atoms with Gasteiger partial charge in [0.1, 0.15) is 0 Å². The molecule has 0 spiro atoms. The third-order valence-corrected chi connectivity index (χ3v) is 4.09. The smallest absolute Gasteiger partial charge is 0.151 e. The Morgan fingerprint density at radius 2 is 2.20 bits per heavy atom. The van der Waals surface area contributed by atoms with Crippen LogP contribution in [0.3, 0.4) is 0 Å². The average Bonchev–Trinajstić information content (AvgIpc) is 3.30. The normalized spacial score (nSPS) is 26.8. The van der Waals surface area contributed by atoms with Gasteiger partial charge in [0.2, 0.25) is 0 Å². The van der Waals surface area contributed by atoms with Crippen LogP contribution in [0.1, 0.15) is 38.8 Å². The van der Waals surface area contributed by atoms with Gasteiger partial charge in [-0.2, -0.15) is 5.10 Å². The first-order valence-corrected chi connectivity index (χ1v) is 7.70. The summed E-state index contributed by atoms with van der Waals surface area (Å²) >= 11 is 0. The van der Waals surface area contributed by atoms with E-state index in [4.69, 9.17) is 4.74 Å². The molecule has 1 aliphatic heterocycles. The lowest BCUT2D eigenvalue weighted by molar-refractivity contribution is 0.0295. The first kappa shape index (κ1) is 13.8. The average molecular weight is 276 g/mol. The van der Waals surface area contributed by atoms with Crippen molar-refractivity contribution in [2.45, 2.75) is 57.8 Å². The molecule has 20 heavy (non-hydrogen) atoms. The molecule has 2 aliphatic rings. The SMILES string of the molecule is CCC1COC(C)CN1c1ccc(CNC2CC2)nn1. The summed E-state index contributed by atoms with van der Waals surface area (Å²) < 4.78 is 5.73. The summed E-state index contributed by atoms with van der Waals surface area (Å²) in [5.41, 5.74) is 1.02. The molecule has 2 atom stereocenters. The second-order valence-electron chi connectivity index (χ2n) is 5.90. The van der Waals surface area contributed by atoms with Crippen LogP contribution in [-0.4, -0.2) is 41.5 Å². The van der Waals surface area contributed by atoms with Gasteiger partial charge in [0.05, 0.1) is 24.4 Å². The Labute approximate surface area is 120 Å². The summed E-state index contributed by atoms with van der Waals surface area (Å²) in [6.07, 6.45) is 3.93. The number of nitrogens with zero attached hydrogens (tertiary/aromatic N) is 3. The third kappa shape index (κ3) is 3.27. The van der Waals surface area contributed by atoms with Crippen LogP contribution in [0.25, 0.3) is 0 Å². The topological polar surface area (TPSA) is 50.3 Å². The second kappa shape index (κ2) is 6.06. The van der Waals surface area contributed by atoms with Crippen molar-refractivity contribution in [2.24, 2.45) is 0 Å². The van der Waals surface area contributed by atoms with Gasteiger partial charge in [0, 0.05) is 19.1 Å². The van der Waals surface area contributed by atoms with Gasteiger partial charge in [-0.25, -0.2) is 0 Å². The van der Waals surface area contributed by atoms with Gasteiger partial charge >= 0.3 is 0 Å². The highest BCUT2D eigenvalue weighted by molar-refractivity contribution is 5.39. The Hall–Kier alpha value is -1.20. The molecule has 1 saturated heterocycles. The number of anilines is 1. The fraction of sp³-hybridized carbons (Fsp3) is 0.733. The van der Waals surface area contributed by atoms with E-state index in [1.165, 1.54) is 12.8 Å². The molecule has 1 aliphatic carbocycles. The van der Waals surface area contributed by atoms with Crippen molar-refractivity contribution in [3.05, 3.63) is 17.8 Å². The molecule has 5 heteroatoms. The molecule has 1 aromatic heterocycles. The van der Waals surface area contributed by atoms with E-state index in [1.807, 2.05) is 0 Å². The van der Waals surface area contributed by atoms with E-state index in [9.17, 15) is 0 Å². The highest BCUT2D eigenvalue weighted by atomic mass is 16.5. The summed E-state index contributed by atoms with van der Waals surface area (Å²) in [6.45, 7) is 6.81. The highest BCUT2D eigenvalue weighted by Crippen LogP contribution is 2.22. The van der Waals surface area contributed by atoms with Gasteiger partial charge in [-0.3, -0.25) is 0 Å². The van der Waals surface area contributed by atoms with Crippen molar-refractivity contribution in [1.29, 1.82) is 0 Å². The predicted octanol–water partition coefficient (Wildman–Crippen LogP) is 1.73. The third-order valence-electron chi connectivity index (χ3n) is 4.09. The van der Waals surface area contributed by atoms with Gasteiger partial charge in [-0.15, -0.1) is 5.10 Å². The van der Waals surface area contributed by atoms with Crippen molar-refractivity contribution >= 4 is 5.82 Å². The largest absolute Gasteiger partial charge is 0.375 e. The fourth-order valence-electron chi connectivity index (χ4n) is 2.60. The van der Waals surface area contributed by atoms with Crippen LogP contribution in [0.4, 0.5) is 5.82 Å². The predicted molar refractivity (Wildman–Crippen MR) is 78.7 cm³/mol. The molecule has 110 valence electrons. The van der Waals surface area contributed by atoms with Gasteiger partial charge in [-0.1, -0.05) is 6.92 Å². The van der Waals surface area contributed by atoms with Crippen molar-refractivity contribution < 1.29 is 4.74 Å². The Kier molecular flexibility index (Phi) is 4.17. The summed E-state index contributed by atoms with van der Waals surface area (Å²) in [5.74, 6) is 0.974. The molecule has 3 rings (SSSR count). The fourth-order valence-corrected chi connectivity index (χ4v) is 2.60. The van der Waals surface area contributed by atoms with E-state index >= 15 is 0 Å². The molecule has 2 fully saturated rings. The molecule has 2 heterocycles. The number of hydrogen-bond acceptors (Lipinski definition) is 5. The molecule has 1 aromatic rings. The molecule has 0 aromatic carbocycles. The molecule has 0 radical (unpaired) electrons. The number of hydrogen-bond donors (Lipinski definition) is 1. The van der Waals surface area contributed by atoms with E-state index in [-0.39, 0.29) is 6.10 Å². The lowest BCUT2D eigenvalue weighted by Crippen LogP contribution is -2.49. The van der Waals surface area contributed by atoms with E-state index in [0.717, 1.165) is 37.6 Å². The minimum Gasteiger partial charge on any atom is -0.375 e. The molecule has 1 saturated carbocycles. The van der Waals surface area contributed by atoms with Gasteiger partial charge < -0.3 is 15.0 Å². The van der Waals surface area contributed by atoms with Crippen LogP contribution >= 0.6 is 0 Å². The number of rotatable bonds is 5. The van der Waals surface area contributed by atoms with Crippen LogP contribution < -0.4 is 10.2 Å². The van der Waals surface area contributed by atoms with E-state index in [1.54, 1.807) is 0 Å². The van der Waals surface area contributed by atoms with E-state index < -0.39 is 0 Å². The quantitative estimate of drug-likeness (QED) is 0.887. The summed E-state index contributed by atoms with van der Waals surface area (Å²) in [5, 5.41) is 12.2. The van der Waals surface area contributed by atoms with Gasteiger partial charge in [0.15, 0.2) is 5.82 Å². The highest BCUT2D eigenvalue weighted by Gasteiger charge is 2.26. The zero-order chi connectivity index (χ0) is 13.9. The Bertz CT molecular complexity index is 432. The first-order valence-electron chi connectivity index (χ1n) is 7.70. The zero-order valence-electron chi connectivity index (χ0n) is 12.4. The van der Waals surface area contributed by atoms with Crippen molar-refractivity contribution in [1.82, 2.24) is 15.5 Å². The molecular weight excluding hydrogens is 252 g/mol. The lowest BCUT2D eigenvalue weighted by atomic mass is 10.1.